The average molecular weight is 490 g/mol. The molecule has 2 aromatic carbocycles. The maximum atomic E-state index is 12.5. The summed E-state index contributed by atoms with van der Waals surface area (Å²) in [4.78, 5) is 12.5. The largest absolute Gasteiger partial charge is 0.507 e. The molecule has 1 amide bonds. The van der Waals surface area contributed by atoms with E-state index in [1.807, 2.05) is 12.1 Å². The number of phenolic OH excluding ortho intramolecular Hbond substituents is 1. The van der Waals surface area contributed by atoms with Gasteiger partial charge in [0.2, 0.25) is 0 Å². The first kappa shape index (κ1) is 24.7. The van der Waals surface area contributed by atoms with Gasteiger partial charge in [0.1, 0.15) is 5.75 Å². The second-order valence-corrected chi connectivity index (χ2v) is 9.71. The van der Waals surface area contributed by atoms with Crippen molar-refractivity contribution >= 4 is 23.9 Å². The Kier molecular flexibility index (Phi) is 8.36. The van der Waals surface area contributed by atoms with Gasteiger partial charge in [-0.15, -0.1) is 16.8 Å². The number of nitrogens with zero attached hydrogens (tertiary/aromatic N) is 4. The van der Waals surface area contributed by atoms with Gasteiger partial charge in [-0.3, -0.25) is 9.36 Å². The number of nitrogens with one attached hydrogen (secondary N) is 1. The number of carbonyl (C=O) groups excluding carboxylic acids is 1. The first-order chi connectivity index (χ1) is 17.1. The van der Waals surface area contributed by atoms with E-state index in [0.717, 1.165) is 34.9 Å². The number of aromatic hydroxyl groups is 1. The van der Waals surface area contributed by atoms with Crippen LogP contribution in [0.25, 0.3) is 11.4 Å². The molecule has 1 aliphatic carbocycles. The topological polar surface area (TPSA) is 92.4 Å². The number of hydrogen-bond donors (Lipinski definition) is 2. The minimum absolute atomic E-state index is 0.143. The standard InChI is InChI=1S/C27H31N5O2S/c1-3-8-20-9-7-10-22(25(20)34)17-28-29-24(33)18-35-27-31-30-26(21-15-13-19(2)14-16-21)32(27)23-11-5-4-6-12-23/h3,7,9-10,13-17,23,34H,1,4-6,8,11-12,18H2,2H3,(H,29,33)/b28-17+. The van der Waals surface area contributed by atoms with Crippen molar-refractivity contribution in [3.8, 4) is 17.1 Å². The van der Waals surface area contributed by atoms with E-state index < -0.39 is 0 Å². The number of amides is 1. The number of rotatable bonds is 9. The summed E-state index contributed by atoms with van der Waals surface area (Å²) in [6.07, 6.45) is 9.56. The Morgan fingerprint density at radius 1 is 1.20 bits per heavy atom. The van der Waals surface area contributed by atoms with Crippen LogP contribution in [0.4, 0.5) is 0 Å². The van der Waals surface area contributed by atoms with Gasteiger partial charge in [0, 0.05) is 17.2 Å². The minimum atomic E-state index is -0.247. The van der Waals surface area contributed by atoms with Crippen LogP contribution in [0, 0.1) is 6.92 Å². The summed E-state index contributed by atoms with van der Waals surface area (Å²) in [7, 11) is 0. The Balaban J connectivity index is 1.44. The number of aromatic nitrogens is 3. The molecule has 1 fully saturated rings. The predicted molar refractivity (Wildman–Crippen MR) is 141 cm³/mol. The smallest absolute Gasteiger partial charge is 0.250 e. The van der Waals surface area contributed by atoms with E-state index in [1.165, 1.54) is 42.8 Å². The van der Waals surface area contributed by atoms with Crippen molar-refractivity contribution < 1.29 is 9.90 Å². The maximum Gasteiger partial charge on any atom is 0.250 e. The molecule has 0 radical (unpaired) electrons. The van der Waals surface area contributed by atoms with Gasteiger partial charge in [0.15, 0.2) is 11.0 Å². The molecule has 3 aromatic rings. The van der Waals surface area contributed by atoms with Crippen LogP contribution in [-0.2, 0) is 11.2 Å². The zero-order valence-corrected chi connectivity index (χ0v) is 20.8. The summed E-state index contributed by atoms with van der Waals surface area (Å²) in [6, 6.07) is 14.1. The quantitative estimate of drug-likeness (QED) is 0.181. The van der Waals surface area contributed by atoms with Gasteiger partial charge in [-0.05, 0) is 37.8 Å². The number of carbonyl (C=O) groups is 1. The fourth-order valence-electron chi connectivity index (χ4n) is 4.32. The molecule has 4 rings (SSSR count). The molecule has 35 heavy (non-hydrogen) atoms. The van der Waals surface area contributed by atoms with Crippen LogP contribution >= 0.6 is 11.8 Å². The average Bonchev–Trinajstić information content (AvgIpc) is 3.30. The lowest BCUT2D eigenvalue weighted by Crippen LogP contribution is -2.20. The van der Waals surface area contributed by atoms with E-state index in [1.54, 1.807) is 12.1 Å². The summed E-state index contributed by atoms with van der Waals surface area (Å²) < 4.78 is 2.22. The van der Waals surface area contributed by atoms with Crippen LogP contribution in [0.2, 0.25) is 0 Å². The number of benzene rings is 2. The second kappa shape index (κ2) is 11.8. The highest BCUT2D eigenvalue weighted by Crippen LogP contribution is 2.35. The molecule has 182 valence electrons. The number of thioether (sulfide) groups is 1. The lowest BCUT2D eigenvalue weighted by atomic mass is 9.95. The summed E-state index contributed by atoms with van der Waals surface area (Å²) in [6.45, 7) is 5.77. The van der Waals surface area contributed by atoms with Gasteiger partial charge in [-0.25, -0.2) is 5.43 Å². The van der Waals surface area contributed by atoms with Crippen molar-refractivity contribution in [1.29, 1.82) is 0 Å². The number of para-hydroxylation sites is 1. The van der Waals surface area contributed by atoms with Crippen molar-refractivity contribution in [2.24, 2.45) is 5.10 Å². The highest BCUT2D eigenvalue weighted by Gasteiger charge is 2.24. The molecule has 1 aliphatic rings. The van der Waals surface area contributed by atoms with E-state index in [2.05, 4.69) is 63.1 Å². The predicted octanol–water partition coefficient (Wildman–Crippen LogP) is 5.44. The number of hydrazone groups is 1. The third-order valence-electron chi connectivity index (χ3n) is 6.15. The fourth-order valence-corrected chi connectivity index (χ4v) is 5.11. The molecule has 7 nitrogen and oxygen atoms in total. The van der Waals surface area contributed by atoms with Gasteiger partial charge in [0.25, 0.3) is 5.91 Å². The SMILES string of the molecule is C=CCc1cccc(/C=N/NC(=O)CSc2nnc(-c3ccc(C)cc3)n2C2CCCCC2)c1O. The van der Waals surface area contributed by atoms with E-state index in [9.17, 15) is 9.90 Å². The normalized spacial score (nSPS) is 14.3. The summed E-state index contributed by atoms with van der Waals surface area (Å²) in [5.74, 6) is 0.915. The second-order valence-electron chi connectivity index (χ2n) is 8.76. The molecule has 1 aromatic heterocycles. The summed E-state index contributed by atoms with van der Waals surface area (Å²) in [5, 5.41) is 24.0. The number of hydrogen-bond acceptors (Lipinski definition) is 6. The molecule has 0 saturated heterocycles. The first-order valence-electron chi connectivity index (χ1n) is 11.9. The molecule has 0 atom stereocenters. The summed E-state index contributed by atoms with van der Waals surface area (Å²) in [5.41, 5.74) is 6.08. The van der Waals surface area contributed by atoms with Gasteiger partial charge in [0.05, 0.1) is 12.0 Å². The third-order valence-corrected chi connectivity index (χ3v) is 7.10. The van der Waals surface area contributed by atoms with E-state index in [-0.39, 0.29) is 17.4 Å². The van der Waals surface area contributed by atoms with Crippen LogP contribution in [0.3, 0.4) is 0 Å². The Morgan fingerprint density at radius 3 is 2.71 bits per heavy atom. The molecular formula is C27H31N5O2S. The van der Waals surface area contributed by atoms with Crippen molar-refractivity contribution in [1.82, 2.24) is 20.2 Å². The van der Waals surface area contributed by atoms with E-state index in [0.29, 0.717) is 18.0 Å². The number of phenols is 1. The highest BCUT2D eigenvalue weighted by atomic mass is 32.2. The minimum Gasteiger partial charge on any atom is -0.507 e. The number of allylic oxidation sites excluding steroid dienone is 1. The Labute approximate surface area is 210 Å². The summed E-state index contributed by atoms with van der Waals surface area (Å²) >= 11 is 1.37. The molecule has 0 unspecified atom stereocenters. The first-order valence-corrected chi connectivity index (χ1v) is 12.9. The highest BCUT2D eigenvalue weighted by molar-refractivity contribution is 7.99. The van der Waals surface area contributed by atoms with Crippen molar-refractivity contribution in [3.05, 3.63) is 71.8 Å². The van der Waals surface area contributed by atoms with Crippen LogP contribution in [-0.4, -0.2) is 37.7 Å². The van der Waals surface area contributed by atoms with Crippen LogP contribution < -0.4 is 5.43 Å². The van der Waals surface area contributed by atoms with Crippen molar-refractivity contribution in [2.45, 2.75) is 56.6 Å². The van der Waals surface area contributed by atoms with Gasteiger partial charge in [-0.1, -0.05) is 79.1 Å². The monoisotopic (exact) mass is 489 g/mol. The zero-order chi connectivity index (χ0) is 24.6. The van der Waals surface area contributed by atoms with E-state index >= 15 is 0 Å². The molecule has 2 N–H and O–H groups in total. The molecule has 0 aliphatic heterocycles. The molecule has 1 saturated carbocycles. The lowest BCUT2D eigenvalue weighted by molar-refractivity contribution is -0.118. The molecule has 1 heterocycles. The lowest BCUT2D eigenvalue weighted by Gasteiger charge is -2.25. The Morgan fingerprint density at radius 2 is 1.97 bits per heavy atom. The van der Waals surface area contributed by atoms with E-state index in [4.69, 9.17) is 0 Å². The van der Waals surface area contributed by atoms with Crippen molar-refractivity contribution in [2.75, 3.05) is 5.75 Å². The number of aryl methyl sites for hydroxylation is 1. The maximum absolute atomic E-state index is 12.5. The molecule has 0 bridgehead atoms. The molecular weight excluding hydrogens is 458 g/mol. The molecule has 0 spiro atoms. The Bertz CT molecular complexity index is 1200. The van der Waals surface area contributed by atoms with Crippen LogP contribution in [0.15, 0.2) is 65.4 Å². The van der Waals surface area contributed by atoms with Crippen LogP contribution in [0.1, 0.15) is 54.8 Å². The fraction of sp³-hybridized carbons (Fsp3) is 0.333. The Hall–Kier alpha value is -3.39. The van der Waals surface area contributed by atoms with Crippen LogP contribution in [0.5, 0.6) is 5.75 Å². The van der Waals surface area contributed by atoms with Crippen molar-refractivity contribution in [3.63, 3.8) is 0 Å². The van der Waals surface area contributed by atoms with Gasteiger partial charge >= 0.3 is 0 Å². The third kappa shape index (κ3) is 6.19. The van der Waals surface area contributed by atoms with Gasteiger partial charge in [-0.2, -0.15) is 5.10 Å². The zero-order valence-electron chi connectivity index (χ0n) is 20.0. The van der Waals surface area contributed by atoms with Gasteiger partial charge < -0.3 is 5.11 Å². The molecule has 8 heteroatoms.